The van der Waals surface area contributed by atoms with Gasteiger partial charge in [0, 0.05) is 23.3 Å². The predicted molar refractivity (Wildman–Crippen MR) is 78.3 cm³/mol. The van der Waals surface area contributed by atoms with Gasteiger partial charge in [-0.15, -0.1) is 11.3 Å². The Balaban J connectivity index is 1.69. The van der Waals surface area contributed by atoms with Crippen LogP contribution in [0.4, 0.5) is 0 Å². The second-order valence-electron chi connectivity index (χ2n) is 5.21. The molecule has 3 nitrogen and oxygen atoms in total. The third-order valence-electron chi connectivity index (χ3n) is 3.85. The summed E-state index contributed by atoms with van der Waals surface area (Å²) in [5.41, 5.74) is 2.61. The zero-order valence-electron chi connectivity index (χ0n) is 11.5. The van der Waals surface area contributed by atoms with Crippen LogP contribution in [0.25, 0.3) is 0 Å². The number of pyridine rings is 1. The molecule has 0 bridgehead atoms. The van der Waals surface area contributed by atoms with E-state index in [-0.39, 0.29) is 0 Å². The van der Waals surface area contributed by atoms with E-state index in [4.69, 9.17) is 4.98 Å². The molecule has 2 aromatic heterocycles. The van der Waals surface area contributed by atoms with Crippen molar-refractivity contribution in [2.24, 2.45) is 0 Å². The minimum absolute atomic E-state index is 0.368. The van der Waals surface area contributed by atoms with E-state index in [0.29, 0.717) is 6.04 Å². The highest BCUT2D eigenvalue weighted by Gasteiger charge is 2.19. The van der Waals surface area contributed by atoms with E-state index in [2.05, 4.69) is 29.9 Å². The molecule has 1 aliphatic carbocycles. The Kier molecular flexibility index (Phi) is 3.62. The summed E-state index contributed by atoms with van der Waals surface area (Å²) in [6, 6.07) is 4.50. The van der Waals surface area contributed by atoms with Crippen LogP contribution < -0.4 is 0 Å². The number of rotatable bonds is 4. The van der Waals surface area contributed by atoms with E-state index in [1.807, 2.05) is 29.8 Å². The largest absolute Gasteiger partial charge is 0.293 e. The second kappa shape index (κ2) is 5.39. The van der Waals surface area contributed by atoms with Crippen LogP contribution >= 0.6 is 11.3 Å². The van der Waals surface area contributed by atoms with Gasteiger partial charge >= 0.3 is 0 Å². The summed E-state index contributed by atoms with van der Waals surface area (Å²) in [6.07, 6.45) is 7.46. The van der Waals surface area contributed by atoms with E-state index in [1.165, 1.54) is 40.4 Å². The fourth-order valence-electron chi connectivity index (χ4n) is 2.54. The van der Waals surface area contributed by atoms with E-state index < -0.39 is 0 Å². The summed E-state index contributed by atoms with van der Waals surface area (Å²) >= 11 is 1.89. The Morgan fingerprint density at radius 3 is 3.05 bits per heavy atom. The molecule has 100 valence electrons. The first-order valence-electron chi connectivity index (χ1n) is 6.81. The van der Waals surface area contributed by atoms with Crippen LogP contribution in [-0.2, 0) is 19.4 Å². The summed E-state index contributed by atoms with van der Waals surface area (Å²) in [6.45, 7) is 3.14. The van der Waals surface area contributed by atoms with Gasteiger partial charge in [-0.05, 0) is 44.9 Å². The second-order valence-corrected chi connectivity index (χ2v) is 6.38. The number of hydrogen-bond donors (Lipinski definition) is 0. The van der Waals surface area contributed by atoms with Gasteiger partial charge in [0.1, 0.15) is 5.01 Å². The Bertz CT molecular complexity index is 528. The van der Waals surface area contributed by atoms with Gasteiger partial charge < -0.3 is 0 Å². The molecule has 0 radical (unpaired) electrons. The summed E-state index contributed by atoms with van der Waals surface area (Å²) in [7, 11) is 2.16. The lowest BCUT2D eigenvalue weighted by atomic mass is 10.1. The first kappa shape index (κ1) is 12.8. The average Bonchev–Trinajstić information content (AvgIpc) is 2.99. The maximum atomic E-state index is 4.77. The third-order valence-corrected chi connectivity index (χ3v) is 4.99. The van der Waals surface area contributed by atoms with Crippen molar-refractivity contribution < 1.29 is 0 Å². The lowest BCUT2D eigenvalue weighted by Crippen LogP contribution is -2.22. The van der Waals surface area contributed by atoms with Crippen LogP contribution in [0, 0.1) is 0 Å². The number of aromatic nitrogens is 2. The highest BCUT2D eigenvalue weighted by molar-refractivity contribution is 7.11. The molecule has 1 aliphatic rings. The predicted octanol–water partition coefficient (Wildman–Crippen LogP) is 3.22. The van der Waals surface area contributed by atoms with E-state index >= 15 is 0 Å². The maximum Gasteiger partial charge on any atom is 0.107 e. The molecule has 0 saturated heterocycles. The van der Waals surface area contributed by atoms with Crippen LogP contribution in [0.3, 0.4) is 0 Å². The minimum Gasteiger partial charge on any atom is -0.293 e. The number of nitrogens with zero attached hydrogens (tertiary/aromatic N) is 3. The Labute approximate surface area is 118 Å². The minimum atomic E-state index is 0.368. The number of hydrogen-bond acceptors (Lipinski definition) is 4. The molecule has 0 amide bonds. The quantitative estimate of drug-likeness (QED) is 0.856. The fraction of sp³-hybridized carbons (Fsp3) is 0.467. The zero-order valence-corrected chi connectivity index (χ0v) is 12.3. The maximum absolute atomic E-state index is 4.77. The van der Waals surface area contributed by atoms with Crippen LogP contribution in [-0.4, -0.2) is 21.9 Å². The standard InChI is InChI=1S/C15H19N3S/c1-11(12-5-4-8-16-9-12)18(2)10-15-17-13-6-3-7-14(13)19-15/h4-5,8-9,11H,3,6-7,10H2,1-2H3/t11-/m1/s1. The van der Waals surface area contributed by atoms with Crippen molar-refractivity contribution in [1.29, 1.82) is 0 Å². The summed E-state index contributed by atoms with van der Waals surface area (Å²) < 4.78 is 0. The first-order valence-corrected chi connectivity index (χ1v) is 7.63. The van der Waals surface area contributed by atoms with Crippen molar-refractivity contribution in [2.75, 3.05) is 7.05 Å². The van der Waals surface area contributed by atoms with Crippen molar-refractivity contribution in [3.63, 3.8) is 0 Å². The Hall–Kier alpha value is -1.26. The number of aryl methyl sites for hydroxylation is 2. The molecule has 3 rings (SSSR count). The van der Waals surface area contributed by atoms with E-state index in [1.54, 1.807) is 0 Å². The Morgan fingerprint density at radius 2 is 2.32 bits per heavy atom. The molecule has 0 aliphatic heterocycles. The molecule has 0 N–H and O–H groups in total. The normalized spacial score (nSPS) is 15.7. The molecule has 0 unspecified atom stereocenters. The van der Waals surface area contributed by atoms with Crippen LogP contribution in [0.5, 0.6) is 0 Å². The first-order chi connectivity index (χ1) is 9.24. The SMILES string of the molecule is C[C@H](c1cccnc1)N(C)Cc1nc2c(s1)CCC2. The van der Waals surface area contributed by atoms with Gasteiger partial charge in [-0.3, -0.25) is 9.88 Å². The molecule has 1 atom stereocenters. The van der Waals surface area contributed by atoms with Gasteiger partial charge in [0.25, 0.3) is 0 Å². The summed E-state index contributed by atoms with van der Waals surface area (Å²) in [5.74, 6) is 0. The molecule has 0 fully saturated rings. The highest BCUT2D eigenvalue weighted by atomic mass is 32.1. The zero-order chi connectivity index (χ0) is 13.2. The van der Waals surface area contributed by atoms with Crippen molar-refractivity contribution in [3.05, 3.63) is 45.7 Å². The number of fused-ring (bicyclic) bond motifs is 1. The molecule has 4 heteroatoms. The van der Waals surface area contributed by atoms with E-state index in [0.717, 1.165) is 6.54 Å². The van der Waals surface area contributed by atoms with Gasteiger partial charge in [-0.1, -0.05) is 6.07 Å². The van der Waals surface area contributed by atoms with Crippen LogP contribution in [0.1, 0.15) is 40.5 Å². The topological polar surface area (TPSA) is 29.0 Å². The molecular formula is C15H19N3S. The number of thiazole rings is 1. The lowest BCUT2D eigenvalue weighted by Gasteiger charge is -2.23. The summed E-state index contributed by atoms with van der Waals surface area (Å²) in [5, 5.41) is 1.25. The molecule has 19 heavy (non-hydrogen) atoms. The molecule has 0 spiro atoms. The van der Waals surface area contributed by atoms with Crippen LogP contribution in [0.2, 0.25) is 0 Å². The van der Waals surface area contributed by atoms with Crippen molar-refractivity contribution in [1.82, 2.24) is 14.9 Å². The van der Waals surface area contributed by atoms with Crippen molar-refractivity contribution in [3.8, 4) is 0 Å². The van der Waals surface area contributed by atoms with Gasteiger partial charge in [0.15, 0.2) is 0 Å². The summed E-state index contributed by atoms with van der Waals surface area (Å²) in [4.78, 5) is 12.8. The van der Waals surface area contributed by atoms with Crippen molar-refractivity contribution >= 4 is 11.3 Å². The van der Waals surface area contributed by atoms with Gasteiger partial charge in [-0.2, -0.15) is 0 Å². The van der Waals surface area contributed by atoms with Gasteiger partial charge in [0.05, 0.1) is 12.2 Å². The monoisotopic (exact) mass is 273 g/mol. The van der Waals surface area contributed by atoms with Gasteiger partial charge in [-0.25, -0.2) is 4.98 Å². The third kappa shape index (κ3) is 2.69. The molecule has 0 aromatic carbocycles. The molecule has 2 heterocycles. The Morgan fingerprint density at radius 1 is 1.42 bits per heavy atom. The molecule has 2 aromatic rings. The molecular weight excluding hydrogens is 254 g/mol. The molecule has 0 saturated carbocycles. The van der Waals surface area contributed by atoms with E-state index in [9.17, 15) is 0 Å². The van der Waals surface area contributed by atoms with Crippen molar-refractivity contribution in [2.45, 2.75) is 38.8 Å². The van der Waals surface area contributed by atoms with Crippen LogP contribution in [0.15, 0.2) is 24.5 Å². The van der Waals surface area contributed by atoms with Gasteiger partial charge in [0.2, 0.25) is 0 Å². The average molecular weight is 273 g/mol. The fourth-order valence-corrected chi connectivity index (χ4v) is 3.76. The highest BCUT2D eigenvalue weighted by Crippen LogP contribution is 2.29. The lowest BCUT2D eigenvalue weighted by molar-refractivity contribution is 0.252. The smallest absolute Gasteiger partial charge is 0.107 e.